The summed E-state index contributed by atoms with van der Waals surface area (Å²) in [6, 6.07) is 25.8. The third kappa shape index (κ3) is 7.91. The van der Waals surface area contributed by atoms with Crippen molar-refractivity contribution in [3.05, 3.63) is 107 Å². The van der Waals surface area contributed by atoms with Crippen molar-refractivity contribution in [1.29, 1.82) is 0 Å². The molecule has 1 aliphatic rings. The monoisotopic (exact) mass is 753 g/mol. The van der Waals surface area contributed by atoms with Crippen LogP contribution in [0.25, 0.3) is 33.1 Å². The first-order valence-corrected chi connectivity index (χ1v) is 21.4. The van der Waals surface area contributed by atoms with Crippen LogP contribution in [0.2, 0.25) is 0 Å². The molecular weight excluding hydrogens is 693 g/mol. The van der Waals surface area contributed by atoms with Crippen LogP contribution in [0.5, 0.6) is 0 Å². The van der Waals surface area contributed by atoms with Gasteiger partial charge < -0.3 is 18.3 Å². The smallest absolute Gasteiger partial charge is 0.124 e. The quantitative estimate of drug-likeness (QED) is 0.0821. The van der Waals surface area contributed by atoms with Gasteiger partial charge in [0.05, 0.1) is 65.0 Å². The van der Waals surface area contributed by atoms with E-state index in [1.807, 2.05) is 0 Å². The molecule has 0 saturated heterocycles. The summed E-state index contributed by atoms with van der Waals surface area (Å²) in [6.45, 7) is 17.7. The molecule has 0 unspecified atom stereocenters. The molecule has 4 heterocycles. The second-order valence-corrected chi connectivity index (χ2v) is 15.7. The molecule has 10 heteroatoms. The van der Waals surface area contributed by atoms with Gasteiger partial charge >= 0.3 is 0 Å². The molecule has 7 aromatic rings. The van der Waals surface area contributed by atoms with Gasteiger partial charge in [-0.05, 0) is 87.8 Å². The maximum Gasteiger partial charge on any atom is 0.124 e. The van der Waals surface area contributed by atoms with Crippen LogP contribution >= 0.6 is 0 Å². The molecule has 1 aliphatic carbocycles. The van der Waals surface area contributed by atoms with Gasteiger partial charge in [0.25, 0.3) is 0 Å². The first-order valence-electron chi connectivity index (χ1n) is 21.4. The lowest BCUT2D eigenvalue weighted by molar-refractivity contribution is 0.168. The van der Waals surface area contributed by atoms with E-state index in [0.29, 0.717) is 0 Å². The van der Waals surface area contributed by atoms with E-state index in [-0.39, 0.29) is 0 Å². The number of aromatic nitrogens is 8. The Morgan fingerprint density at radius 3 is 1.21 bits per heavy atom. The fourth-order valence-electron chi connectivity index (χ4n) is 8.93. The Bertz CT molecular complexity index is 2290. The Morgan fingerprint density at radius 1 is 0.446 bits per heavy atom. The maximum atomic E-state index is 5.38. The van der Waals surface area contributed by atoms with Gasteiger partial charge in [0.2, 0.25) is 0 Å². The van der Waals surface area contributed by atoms with Crippen LogP contribution in [-0.4, -0.2) is 61.1 Å². The zero-order valence-corrected chi connectivity index (χ0v) is 34.1. The molecule has 10 nitrogen and oxygen atoms in total. The van der Waals surface area contributed by atoms with E-state index in [2.05, 4.69) is 129 Å². The number of benzene rings is 3. The average molecular weight is 753 g/mol. The summed E-state index contributed by atoms with van der Waals surface area (Å²) in [5.74, 6) is 4.58. The molecule has 294 valence electrons. The van der Waals surface area contributed by atoms with Gasteiger partial charge in [-0.2, -0.15) is 0 Å². The number of nitrogens with zero attached hydrogens (tertiary/aromatic N) is 10. The molecule has 8 rings (SSSR count). The van der Waals surface area contributed by atoms with Gasteiger partial charge in [-0.3, -0.25) is 9.80 Å². The number of rotatable bonds is 19. The highest BCUT2D eigenvalue weighted by molar-refractivity contribution is 5.77. The molecule has 0 radical (unpaired) electrons. The van der Waals surface area contributed by atoms with Crippen LogP contribution in [0.3, 0.4) is 0 Å². The number of imidazole rings is 4. The van der Waals surface area contributed by atoms with Gasteiger partial charge in [0.1, 0.15) is 23.3 Å². The Hall–Kier alpha value is -4.80. The minimum Gasteiger partial charge on any atom is -0.331 e. The fourth-order valence-corrected chi connectivity index (χ4v) is 8.93. The molecule has 0 aliphatic heterocycles. The van der Waals surface area contributed by atoms with Crippen molar-refractivity contribution in [2.75, 3.05) is 13.1 Å². The summed E-state index contributed by atoms with van der Waals surface area (Å²) >= 11 is 0. The van der Waals surface area contributed by atoms with E-state index in [9.17, 15) is 0 Å². The highest BCUT2D eigenvalue weighted by atomic mass is 15.3. The van der Waals surface area contributed by atoms with Gasteiger partial charge in [0.15, 0.2) is 0 Å². The minimum absolute atomic E-state index is 0.741. The number of fused-ring (bicyclic) bond motifs is 4. The van der Waals surface area contributed by atoms with Crippen molar-refractivity contribution in [1.82, 2.24) is 48.0 Å². The van der Waals surface area contributed by atoms with Crippen LogP contribution in [0.1, 0.15) is 101 Å². The van der Waals surface area contributed by atoms with Crippen LogP contribution in [0, 0.1) is 0 Å². The van der Waals surface area contributed by atoms with Crippen molar-refractivity contribution in [2.24, 2.45) is 0 Å². The minimum atomic E-state index is 0.741. The van der Waals surface area contributed by atoms with Crippen molar-refractivity contribution < 1.29 is 0 Å². The zero-order chi connectivity index (χ0) is 38.4. The van der Waals surface area contributed by atoms with Crippen LogP contribution in [0.4, 0.5) is 0 Å². The standard InChI is InChI=1S/C46H60N10/c1-5-25-53-39-21-13-9-17-35(39)47-43(53)31-51(32-44-48-36-18-10-14-22-40(36)54(44)26-6-2)29-30-52(33-45-49-37-19-11-15-23-41(37)55(45)27-7-3)34-46-50-38-20-12-16-24-42(38)56(46)28-8-4/h9-11,13-15,17-19,21-23H,5-8,12,16,20,24-34H2,1-4H3. The molecular formula is C46H60N10. The van der Waals surface area contributed by atoms with Gasteiger partial charge in [0, 0.05) is 45.0 Å². The Balaban J connectivity index is 1.17. The van der Waals surface area contributed by atoms with Gasteiger partial charge in [-0.1, -0.05) is 64.1 Å². The lowest BCUT2D eigenvalue weighted by Crippen LogP contribution is -2.36. The molecule has 3 aromatic carbocycles. The Morgan fingerprint density at radius 2 is 0.804 bits per heavy atom. The molecule has 0 spiro atoms. The Labute approximate surface area is 332 Å². The van der Waals surface area contributed by atoms with Crippen LogP contribution in [0.15, 0.2) is 72.8 Å². The van der Waals surface area contributed by atoms with E-state index in [4.69, 9.17) is 19.9 Å². The topological polar surface area (TPSA) is 77.8 Å². The summed E-state index contributed by atoms with van der Waals surface area (Å²) < 4.78 is 9.89. The molecule has 4 aromatic heterocycles. The highest BCUT2D eigenvalue weighted by Crippen LogP contribution is 2.26. The molecule has 0 bridgehead atoms. The van der Waals surface area contributed by atoms with Crippen molar-refractivity contribution in [2.45, 2.75) is 131 Å². The number of hydrogen-bond donors (Lipinski definition) is 0. The van der Waals surface area contributed by atoms with E-state index in [1.54, 1.807) is 0 Å². The lowest BCUT2D eigenvalue weighted by Gasteiger charge is -2.28. The lowest BCUT2D eigenvalue weighted by atomic mass is 10.0. The number of para-hydroxylation sites is 6. The fraction of sp³-hybridized carbons (Fsp3) is 0.478. The molecule has 0 fully saturated rings. The predicted molar refractivity (Wildman–Crippen MR) is 227 cm³/mol. The van der Waals surface area contributed by atoms with Gasteiger partial charge in [-0.25, -0.2) is 19.9 Å². The summed E-state index contributed by atoms with van der Waals surface area (Å²) in [7, 11) is 0. The van der Waals surface area contributed by atoms with Crippen molar-refractivity contribution in [3.8, 4) is 0 Å². The molecule has 56 heavy (non-hydrogen) atoms. The summed E-state index contributed by atoms with van der Waals surface area (Å²) in [4.78, 5) is 26.4. The first kappa shape index (κ1) is 38.1. The van der Waals surface area contributed by atoms with Gasteiger partial charge in [-0.15, -0.1) is 0 Å². The summed E-state index contributed by atoms with van der Waals surface area (Å²) in [5.41, 5.74) is 9.65. The molecule has 0 atom stereocenters. The highest BCUT2D eigenvalue weighted by Gasteiger charge is 2.24. The Kier molecular flexibility index (Phi) is 11.9. The first-order chi connectivity index (χ1) is 27.6. The van der Waals surface area contributed by atoms with E-state index in [1.165, 1.54) is 46.6 Å². The molecule has 0 N–H and O–H groups in total. The maximum absolute atomic E-state index is 5.38. The third-order valence-electron chi connectivity index (χ3n) is 11.5. The number of hydrogen-bond acceptors (Lipinski definition) is 6. The van der Waals surface area contributed by atoms with Crippen molar-refractivity contribution >= 4 is 33.1 Å². The van der Waals surface area contributed by atoms with E-state index >= 15 is 0 Å². The largest absolute Gasteiger partial charge is 0.331 e. The third-order valence-corrected chi connectivity index (χ3v) is 11.5. The van der Waals surface area contributed by atoms with Crippen LogP contribution < -0.4 is 0 Å². The molecule has 0 saturated carbocycles. The predicted octanol–water partition coefficient (Wildman–Crippen LogP) is 9.16. The van der Waals surface area contributed by atoms with Crippen molar-refractivity contribution in [3.63, 3.8) is 0 Å². The number of aryl methyl sites for hydroxylation is 4. The molecule has 0 amide bonds. The zero-order valence-electron chi connectivity index (χ0n) is 34.1. The second-order valence-electron chi connectivity index (χ2n) is 15.7. The SMILES string of the molecule is CCCn1c(CN(CCN(Cc2nc3ccccc3n2CCC)Cc2nc3ccccc3n2CCC)Cc2nc3ccccc3n2CCC)nc2c1CCCC2. The van der Waals surface area contributed by atoms with Crippen LogP contribution in [-0.2, 0) is 65.2 Å². The van der Waals surface area contributed by atoms with E-state index in [0.717, 1.165) is 138 Å². The summed E-state index contributed by atoms with van der Waals surface area (Å²) in [6.07, 6.45) is 9.01. The van der Waals surface area contributed by atoms with E-state index < -0.39 is 0 Å². The summed E-state index contributed by atoms with van der Waals surface area (Å²) in [5, 5.41) is 0. The average Bonchev–Trinajstić information content (AvgIpc) is 3.95. The normalized spacial score (nSPS) is 13.3. The second kappa shape index (κ2) is 17.6.